The first-order valence-electron chi connectivity index (χ1n) is 3.43. The van der Waals surface area contributed by atoms with Gasteiger partial charge in [0.1, 0.15) is 0 Å². The maximum atomic E-state index is 5.63. The molecule has 0 unspecified atom stereocenters. The predicted octanol–water partition coefficient (Wildman–Crippen LogP) is 0.693. The van der Waals surface area contributed by atoms with Gasteiger partial charge in [0.15, 0.2) is 8.32 Å². The summed E-state index contributed by atoms with van der Waals surface area (Å²) in [4.78, 5) is 2.36. The van der Waals surface area contributed by atoms with Crippen molar-refractivity contribution in [3.8, 4) is 0 Å². The maximum Gasteiger partial charge on any atom is 0.200 e. The molecule has 3 heteroatoms. The van der Waals surface area contributed by atoms with Crippen molar-refractivity contribution in [2.75, 3.05) is 26.4 Å². The van der Waals surface area contributed by atoms with Crippen LogP contribution in [0.1, 0.15) is 0 Å². The Labute approximate surface area is 57.9 Å². The minimum atomic E-state index is -1.23. The van der Waals surface area contributed by atoms with E-state index in [0.717, 1.165) is 13.2 Å². The van der Waals surface area contributed by atoms with Crippen LogP contribution in [0.25, 0.3) is 0 Å². The van der Waals surface area contributed by atoms with Crippen molar-refractivity contribution in [3.63, 3.8) is 0 Å². The molecule has 0 aromatic rings. The number of nitrogens with zero attached hydrogens (tertiary/aromatic N) is 1. The largest absolute Gasteiger partial charge is 0.415 e. The molecule has 54 valence electrons. The average molecular weight is 145 g/mol. The lowest BCUT2D eigenvalue weighted by Gasteiger charge is -2.34. The first-order valence-corrected chi connectivity index (χ1v) is 6.54. The van der Waals surface area contributed by atoms with Gasteiger partial charge in [-0.25, -0.2) is 0 Å². The number of likely N-dealkylation sites (N-methyl/N-ethyl adjacent to an activating group) is 1. The molecule has 1 heterocycles. The van der Waals surface area contributed by atoms with Crippen molar-refractivity contribution in [1.82, 2.24) is 4.90 Å². The molecule has 1 rings (SSSR count). The second kappa shape index (κ2) is 2.40. The minimum Gasteiger partial charge on any atom is -0.415 e. The average Bonchev–Trinajstić information content (AvgIpc) is 1.60. The van der Waals surface area contributed by atoms with Gasteiger partial charge in [-0.15, -0.1) is 0 Å². The summed E-state index contributed by atoms with van der Waals surface area (Å²) in [7, 11) is 0.936. The lowest BCUT2D eigenvalue weighted by atomic mass is 10.6. The molecule has 1 fully saturated rings. The molecule has 0 aromatic carbocycles. The van der Waals surface area contributed by atoms with Crippen LogP contribution in [0.2, 0.25) is 13.1 Å². The second-order valence-electron chi connectivity index (χ2n) is 3.35. The van der Waals surface area contributed by atoms with Crippen LogP contribution >= 0.6 is 0 Å². The molecular formula is C6H15NOSi. The van der Waals surface area contributed by atoms with Crippen LogP contribution in [0.4, 0.5) is 0 Å². The monoisotopic (exact) mass is 145 g/mol. The second-order valence-corrected chi connectivity index (χ2v) is 7.47. The summed E-state index contributed by atoms with van der Waals surface area (Å²) in [6.45, 7) is 6.58. The molecule has 2 nitrogen and oxygen atoms in total. The van der Waals surface area contributed by atoms with E-state index in [-0.39, 0.29) is 0 Å². The van der Waals surface area contributed by atoms with E-state index in [2.05, 4.69) is 25.0 Å². The van der Waals surface area contributed by atoms with Gasteiger partial charge < -0.3 is 9.33 Å². The van der Waals surface area contributed by atoms with Crippen LogP contribution in [0.5, 0.6) is 0 Å². The Morgan fingerprint density at radius 3 is 2.44 bits per heavy atom. The van der Waals surface area contributed by atoms with Gasteiger partial charge in [-0.1, -0.05) is 0 Å². The molecule has 0 aromatic heterocycles. The lowest BCUT2D eigenvalue weighted by Crippen LogP contribution is -2.50. The Bertz CT molecular complexity index is 105. The Hall–Kier alpha value is 0.137. The van der Waals surface area contributed by atoms with Gasteiger partial charge in [0.05, 0.1) is 0 Å². The van der Waals surface area contributed by atoms with Gasteiger partial charge in [-0.2, -0.15) is 0 Å². The van der Waals surface area contributed by atoms with Crippen LogP contribution in [-0.2, 0) is 4.43 Å². The van der Waals surface area contributed by atoms with Gasteiger partial charge in [0.2, 0.25) is 0 Å². The van der Waals surface area contributed by atoms with Crippen molar-refractivity contribution in [1.29, 1.82) is 0 Å². The van der Waals surface area contributed by atoms with Crippen LogP contribution in [-0.4, -0.2) is 39.6 Å². The summed E-state index contributed by atoms with van der Waals surface area (Å²) in [6.07, 6.45) is 1.19. The molecule has 0 amide bonds. The molecule has 0 atom stereocenters. The maximum absolute atomic E-state index is 5.63. The fraction of sp³-hybridized carbons (Fsp3) is 1.00. The number of hydrogen-bond acceptors (Lipinski definition) is 2. The molecule has 0 saturated carbocycles. The fourth-order valence-electron chi connectivity index (χ4n) is 1.25. The highest BCUT2D eigenvalue weighted by atomic mass is 28.4. The van der Waals surface area contributed by atoms with Crippen molar-refractivity contribution in [2.24, 2.45) is 0 Å². The predicted molar refractivity (Wildman–Crippen MR) is 40.9 cm³/mol. The Morgan fingerprint density at radius 2 is 2.11 bits per heavy atom. The molecule has 0 bridgehead atoms. The van der Waals surface area contributed by atoms with E-state index in [1.165, 1.54) is 6.17 Å². The van der Waals surface area contributed by atoms with E-state index in [9.17, 15) is 0 Å². The first kappa shape index (κ1) is 7.25. The summed E-state index contributed by atoms with van der Waals surface area (Å²) in [5, 5.41) is 0. The Morgan fingerprint density at radius 1 is 1.44 bits per heavy atom. The van der Waals surface area contributed by atoms with E-state index in [4.69, 9.17) is 4.43 Å². The molecule has 9 heavy (non-hydrogen) atoms. The van der Waals surface area contributed by atoms with Gasteiger partial charge in [-0.3, -0.25) is 0 Å². The van der Waals surface area contributed by atoms with E-state index in [0.29, 0.717) is 0 Å². The summed E-state index contributed by atoms with van der Waals surface area (Å²) in [5.41, 5.74) is 0. The lowest BCUT2D eigenvalue weighted by molar-refractivity contribution is 0.196. The highest BCUT2D eigenvalue weighted by Crippen LogP contribution is 2.09. The molecule has 0 aliphatic carbocycles. The third kappa shape index (κ3) is 2.08. The number of hydrogen-bond donors (Lipinski definition) is 0. The molecular weight excluding hydrogens is 130 g/mol. The molecule has 0 radical (unpaired) electrons. The number of rotatable bonds is 0. The summed E-state index contributed by atoms with van der Waals surface area (Å²) in [6, 6.07) is 0. The zero-order valence-corrected chi connectivity index (χ0v) is 7.48. The summed E-state index contributed by atoms with van der Waals surface area (Å²) < 4.78 is 5.63. The third-order valence-corrected chi connectivity index (χ3v) is 3.90. The highest BCUT2D eigenvalue weighted by Gasteiger charge is 2.27. The van der Waals surface area contributed by atoms with Crippen molar-refractivity contribution >= 4 is 8.32 Å². The Balaban J connectivity index is 2.41. The molecule has 0 spiro atoms. The van der Waals surface area contributed by atoms with Gasteiger partial charge in [0.25, 0.3) is 0 Å². The van der Waals surface area contributed by atoms with Crippen molar-refractivity contribution in [3.05, 3.63) is 0 Å². The van der Waals surface area contributed by atoms with Crippen LogP contribution in [0, 0.1) is 0 Å². The van der Waals surface area contributed by atoms with E-state index >= 15 is 0 Å². The minimum absolute atomic E-state index is 0.940. The summed E-state index contributed by atoms with van der Waals surface area (Å²) in [5.74, 6) is 0. The SMILES string of the molecule is CN1CCO[Si](C)(C)C1. The van der Waals surface area contributed by atoms with E-state index in [1.807, 2.05) is 0 Å². The van der Waals surface area contributed by atoms with E-state index < -0.39 is 8.32 Å². The van der Waals surface area contributed by atoms with Gasteiger partial charge in [-0.05, 0) is 20.1 Å². The third-order valence-electron chi connectivity index (χ3n) is 1.62. The Kier molecular flexibility index (Phi) is 1.93. The van der Waals surface area contributed by atoms with Crippen LogP contribution < -0.4 is 0 Å². The van der Waals surface area contributed by atoms with Gasteiger partial charge >= 0.3 is 0 Å². The first-order chi connectivity index (χ1) is 4.10. The van der Waals surface area contributed by atoms with Crippen molar-refractivity contribution < 1.29 is 4.43 Å². The molecule has 1 aliphatic heterocycles. The molecule has 1 saturated heterocycles. The standard InChI is InChI=1S/C6H15NOSi/c1-7-4-5-8-9(2,3)6-7/h4-6H2,1-3H3. The zero-order chi connectivity index (χ0) is 6.91. The molecule has 1 aliphatic rings. The van der Waals surface area contributed by atoms with Gasteiger partial charge in [0, 0.05) is 19.3 Å². The zero-order valence-electron chi connectivity index (χ0n) is 6.48. The summed E-state index contributed by atoms with van der Waals surface area (Å²) >= 11 is 0. The smallest absolute Gasteiger partial charge is 0.200 e. The quantitative estimate of drug-likeness (QED) is 0.465. The van der Waals surface area contributed by atoms with Crippen LogP contribution in [0.15, 0.2) is 0 Å². The van der Waals surface area contributed by atoms with E-state index in [1.54, 1.807) is 0 Å². The normalized spacial score (nSPS) is 28.3. The topological polar surface area (TPSA) is 12.5 Å². The van der Waals surface area contributed by atoms with Crippen molar-refractivity contribution in [2.45, 2.75) is 13.1 Å². The highest BCUT2D eigenvalue weighted by molar-refractivity contribution is 6.71. The molecule has 0 N–H and O–H groups in total. The fourth-order valence-corrected chi connectivity index (χ4v) is 3.45. The van der Waals surface area contributed by atoms with Crippen LogP contribution in [0.3, 0.4) is 0 Å².